The topological polar surface area (TPSA) is 53.6 Å². The fraction of sp³-hybridized carbons (Fsp3) is 0.462. The summed E-state index contributed by atoms with van der Waals surface area (Å²) >= 11 is 6.01. The number of benzene rings is 1. The second-order valence-electron chi connectivity index (χ2n) is 4.62. The molecule has 1 amide bonds. The average Bonchev–Trinajstić information content (AvgIpc) is 2.26. The molecular formula is C13H18ClN3O2. The van der Waals surface area contributed by atoms with E-state index >= 15 is 0 Å². The lowest BCUT2D eigenvalue weighted by Gasteiger charge is -2.35. The van der Waals surface area contributed by atoms with E-state index in [0.717, 1.165) is 13.1 Å². The Bertz CT molecular complexity index is 463. The maximum atomic E-state index is 11.9. The monoisotopic (exact) mass is 283 g/mol. The molecule has 1 aliphatic rings. The van der Waals surface area contributed by atoms with E-state index in [0.29, 0.717) is 29.0 Å². The van der Waals surface area contributed by atoms with Crippen LogP contribution in [-0.4, -0.2) is 50.6 Å². The van der Waals surface area contributed by atoms with Gasteiger partial charge in [-0.1, -0.05) is 11.6 Å². The van der Waals surface area contributed by atoms with E-state index in [-0.39, 0.29) is 5.91 Å². The number of hydrogen-bond acceptors (Lipinski definition) is 4. The highest BCUT2D eigenvalue weighted by molar-refractivity contribution is 6.32. The van der Waals surface area contributed by atoms with Crippen molar-refractivity contribution in [1.82, 2.24) is 10.2 Å². The van der Waals surface area contributed by atoms with Crippen LogP contribution in [0.2, 0.25) is 5.02 Å². The van der Waals surface area contributed by atoms with Crippen molar-refractivity contribution in [1.29, 1.82) is 0 Å². The van der Waals surface area contributed by atoms with Gasteiger partial charge in [-0.3, -0.25) is 9.69 Å². The van der Waals surface area contributed by atoms with Crippen LogP contribution < -0.4 is 15.4 Å². The summed E-state index contributed by atoms with van der Waals surface area (Å²) in [6, 6.07) is 5.64. The van der Waals surface area contributed by atoms with E-state index in [2.05, 4.69) is 10.6 Å². The first-order chi connectivity index (χ1) is 9.10. The van der Waals surface area contributed by atoms with Crippen LogP contribution >= 0.6 is 11.6 Å². The molecule has 1 fully saturated rings. The van der Waals surface area contributed by atoms with E-state index in [9.17, 15) is 4.79 Å². The molecule has 6 heteroatoms. The summed E-state index contributed by atoms with van der Waals surface area (Å²) in [5, 5.41) is 6.49. The van der Waals surface area contributed by atoms with E-state index < -0.39 is 0 Å². The Hall–Kier alpha value is -1.30. The van der Waals surface area contributed by atoms with Crippen LogP contribution in [0.3, 0.4) is 0 Å². The normalized spacial score (nSPS) is 15.2. The first-order valence-corrected chi connectivity index (χ1v) is 6.52. The molecule has 0 bridgehead atoms. The summed E-state index contributed by atoms with van der Waals surface area (Å²) < 4.78 is 5.06. The van der Waals surface area contributed by atoms with Gasteiger partial charge in [0.05, 0.1) is 18.7 Å². The maximum Gasteiger partial charge on any atom is 0.238 e. The summed E-state index contributed by atoms with van der Waals surface area (Å²) in [5.41, 5.74) is 0.677. The number of anilines is 1. The van der Waals surface area contributed by atoms with Crippen molar-refractivity contribution >= 4 is 23.2 Å². The number of carbonyl (C=O) groups is 1. The standard InChI is InChI=1S/C13H18ClN3O2/c1-17(10-6-15-7-10)8-13(18)16-9-3-4-12(19-2)11(14)5-9/h3-5,10,15H,6-8H2,1-2H3,(H,16,18). The highest BCUT2D eigenvalue weighted by Gasteiger charge is 2.22. The molecule has 2 rings (SSSR count). The predicted octanol–water partition coefficient (Wildman–Crippen LogP) is 1.19. The lowest BCUT2D eigenvalue weighted by Crippen LogP contribution is -2.57. The summed E-state index contributed by atoms with van der Waals surface area (Å²) in [7, 11) is 3.51. The number of rotatable bonds is 5. The van der Waals surface area contributed by atoms with Crippen molar-refractivity contribution in [2.45, 2.75) is 6.04 Å². The van der Waals surface area contributed by atoms with Crippen molar-refractivity contribution in [3.05, 3.63) is 23.2 Å². The molecule has 0 saturated carbocycles. The fourth-order valence-electron chi connectivity index (χ4n) is 1.89. The number of halogens is 1. The van der Waals surface area contributed by atoms with Gasteiger partial charge in [-0.2, -0.15) is 0 Å². The van der Waals surface area contributed by atoms with Gasteiger partial charge in [-0.15, -0.1) is 0 Å². The molecule has 1 saturated heterocycles. The van der Waals surface area contributed by atoms with Gasteiger partial charge in [-0.25, -0.2) is 0 Å². The summed E-state index contributed by atoms with van der Waals surface area (Å²) in [6.45, 7) is 2.26. The van der Waals surface area contributed by atoms with Gasteiger partial charge in [0.1, 0.15) is 5.75 Å². The molecule has 0 spiro atoms. The zero-order valence-corrected chi connectivity index (χ0v) is 11.8. The minimum absolute atomic E-state index is 0.0457. The Morgan fingerprint density at radius 3 is 2.84 bits per heavy atom. The Kier molecular flexibility index (Phi) is 4.63. The molecule has 19 heavy (non-hydrogen) atoms. The third-order valence-corrected chi connectivity index (χ3v) is 3.51. The quantitative estimate of drug-likeness (QED) is 0.852. The summed E-state index contributed by atoms with van der Waals surface area (Å²) in [4.78, 5) is 13.9. The third-order valence-electron chi connectivity index (χ3n) is 3.21. The number of methoxy groups -OCH3 is 1. The summed E-state index contributed by atoms with van der Waals surface area (Å²) in [6.07, 6.45) is 0. The number of carbonyl (C=O) groups excluding carboxylic acids is 1. The molecule has 0 atom stereocenters. The van der Waals surface area contributed by atoms with Crippen molar-refractivity contribution in [3.8, 4) is 5.75 Å². The van der Waals surface area contributed by atoms with Gasteiger partial charge in [-0.05, 0) is 25.2 Å². The Labute approximate surface area is 117 Å². The molecule has 0 radical (unpaired) electrons. The first-order valence-electron chi connectivity index (χ1n) is 6.14. The second kappa shape index (κ2) is 6.23. The Morgan fingerprint density at radius 1 is 1.58 bits per heavy atom. The van der Waals surface area contributed by atoms with Crippen molar-refractivity contribution in [2.75, 3.05) is 39.1 Å². The number of nitrogens with zero attached hydrogens (tertiary/aromatic N) is 1. The zero-order valence-electron chi connectivity index (χ0n) is 11.1. The average molecular weight is 284 g/mol. The number of ether oxygens (including phenoxy) is 1. The molecule has 5 nitrogen and oxygen atoms in total. The van der Waals surface area contributed by atoms with E-state index in [1.54, 1.807) is 25.3 Å². The molecule has 1 heterocycles. The molecule has 0 unspecified atom stereocenters. The van der Waals surface area contributed by atoms with Gasteiger partial charge in [0.25, 0.3) is 0 Å². The minimum Gasteiger partial charge on any atom is -0.495 e. The predicted molar refractivity (Wildman–Crippen MR) is 75.9 cm³/mol. The Morgan fingerprint density at radius 2 is 2.32 bits per heavy atom. The van der Waals surface area contributed by atoms with Gasteiger partial charge in [0.2, 0.25) is 5.91 Å². The molecule has 1 aromatic carbocycles. The van der Waals surface area contributed by atoms with E-state index in [1.165, 1.54) is 0 Å². The number of nitrogens with one attached hydrogen (secondary N) is 2. The smallest absolute Gasteiger partial charge is 0.238 e. The van der Waals surface area contributed by atoms with Gasteiger partial charge in [0, 0.05) is 24.8 Å². The second-order valence-corrected chi connectivity index (χ2v) is 5.03. The molecule has 1 aliphatic heterocycles. The molecule has 0 aliphatic carbocycles. The van der Waals surface area contributed by atoms with Crippen LogP contribution in [0.4, 0.5) is 5.69 Å². The fourth-order valence-corrected chi connectivity index (χ4v) is 2.14. The molecule has 2 N–H and O–H groups in total. The van der Waals surface area contributed by atoms with E-state index in [1.807, 2.05) is 11.9 Å². The number of amides is 1. The molecule has 104 valence electrons. The van der Waals surface area contributed by atoms with Gasteiger partial charge < -0.3 is 15.4 Å². The SMILES string of the molecule is COc1ccc(NC(=O)CN(C)C2CNC2)cc1Cl. The zero-order chi connectivity index (χ0) is 13.8. The lowest BCUT2D eigenvalue weighted by atomic mass is 10.1. The van der Waals surface area contributed by atoms with Gasteiger partial charge in [0.15, 0.2) is 0 Å². The van der Waals surface area contributed by atoms with Crippen molar-refractivity contribution in [2.24, 2.45) is 0 Å². The molecule has 0 aromatic heterocycles. The maximum absolute atomic E-state index is 11.9. The van der Waals surface area contributed by atoms with Gasteiger partial charge >= 0.3 is 0 Å². The third kappa shape index (κ3) is 3.59. The van der Waals surface area contributed by atoms with Crippen LogP contribution in [0.1, 0.15) is 0 Å². The number of hydrogen-bond donors (Lipinski definition) is 2. The highest BCUT2D eigenvalue weighted by atomic mass is 35.5. The van der Waals surface area contributed by atoms with Crippen LogP contribution in [0.5, 0.6) is 5.75 Å². The highest BCUT2D eigenvalue weighted by Crippen LogP contribution is 2.27. The minimum atomic E-state index is -0.0457. The van der Waals surface area contributed by atoms with Crippen molar-refractivity contribution < 1.29 is 9.53 Å². The largest absolute Gasteiger partial charge is 0.495 e. The van der Waals surface area contributed by atoms with Crippen LogP contribution in [0.25, 0.3) is 0 Å². The molecule has 1 aromatic rings. The van der Waals surface area contributed by atoms with E-state index in [4.69, 9.17) is 16.3 Å². The lowest BCUT2D eigenvalue weighted by molar-refractivity contribution is -0.117. The first kappa shape index (κ1) is 14.1. The van der Waals surface area contributed by atoms with Crippen molar-refractivity contribution in [3.63, 3.8) is 0 Å². The van der Waals surface area contributed by atoms with Crippen LogP contribution in [-0.2, 0) is 4.79 Å². The number of likely N-dealkylation sites (N-methyl/N-ethyl adjacent to an activating group) is 1. The summed E-state index contributed by atoms with van der Waals surface area (Å²) in [5.74, 6) is 0.549. The molecular weight excluding hydrogens is 266 g/mol. The van der Waals surface area contributed by atoms with Crippen LogP contribution in [0, 0.1) is 0 Å². The van der Waals surface area contributed by atoms with Crippen LogP contribution in [0.15, 0.2) is 18.2 Å². The Balaban J connectivity index is 1.89.